The van der Waals surface area contributed by atoms with Gasteiger partial charge in [-0.05, 0) is 128 Å². The van der Waals surface area contributed by atoms with Crippen molar-refractivity contribution in [2.75, 3.05) is 4.90 Å². The van der Waals surface area contributed by atoms with Crippen LogP contribution in [0.4, 0.5) is 17.1 Å². The molecule has 1 heterocycles. The molecule has 294 valence electrons. The van der Waals surface area contributed by atoms with Crippen LogP contribution in [0, 0.1) is 5.92 Å². The number of nitrogens with zero attached hydrogens (tertiary/aromatic N) is 1. The quantitative estimate of drug-likeness (QED) is 0.155. The lowest BCUT2D eigenvalue weighted by Crippen LogP contribution is -2.28. The predicted octanol–water partition coefficient (Wildman–Crippen LogP) is 16.4. The highest BCUT2D eigenvalue weighted by molar-refractivity contribution is 7.25. The fourth-order valence-electron chi connectivity index (χ4n) is 10.6. The number of fused-ring (bicyclic) bond motifs is 7. The summed E-state index contributed by atoms with van der Waals surface area (Å²) in [6.07, 6.45) is 5.76. The maximum absolute atomic E-state index is 2.47. The van der Waals surface area contributed by atoms with Gasteiger partial charge in [-0.2, -0.15) is 0 Å². The first kappa shape index (κ1) is 36.6. The van der Waals surface area contributed by atoms with Crippen molar-refractivity contribution in [1.82, 2.24) is 0 Å². The van der Waals surface area contributed by atoms with E-state index >= 15 is 0 Å². The highest BCUT2D eigenvalue weighted by Crippen LogP contribution is 2.57. The Balaban J connectivity index is 1.07. The average Bonchev–Trinajstić information content (AvgIpc) is 3.86. The van der Waals surface area contributed by atoms with Crippen LogP contribution < -0.4 is 4.90 Å². The number of benzene rings is 9. The zero-order valence-electron chi connectivity index (χ0n) is 34.5. The Hall–Kier alpha value is -7.26. The molecule has 2 heteroatoms. The van der Waals surface area contributed by atoms with Crippen molar-refractivity contribution < 1.29 is 0 Å². The molecule has 0 fully saturated rings. The van der Waals surface area contributed by atoms with Gasteiger partial charge in [0, 0.05) is 37.2 Å². The molecule has 1 aromatic heterocycles. The highest BCUT2D eigenvalue weighted by Gasteiger charge is 2.46. The molecule has 2 aliphatic rings. The van der Waals surface area contributed by atoms with E-state index in [2.05, 4.69) is 236 Å². The average molecular weight is 810 g/mol. The van der Waals surface area contributed by atoms with E-state index in [0.29, 0.717) is 5.92 Å². The summed E-state index contributed by atoms with van der Waals surface area (Å²) in [5.74, 6) is 0.540. The van der Waals surface area contributed by atoms with Gasteiger partial charge < -0.3 is 4.90 Å². The zero-order chi connectivity index (χ0) is 41.2. The van der Waals surface area contributed by atoms with Crippen molar-refractivity contribution in [1.29, 1.82) is 0 Å². The van der Waals surface area contributed by atoms with E-state index in [1.54, 1.807) is 0 Å². The number of hydrogen-bond acceptors (Lipinski definition) is 2. The summed E-state index contributed by atoms with van der Waals surface area (Å²) in [5.41, 5.74) is 18.2. The van der Waals surface area contributed by atoms with Crippen molar-refractivity contribution in [3.8, 4) is 33.4 Å². The molecule has 1 nitrogen and oxygen atoms in total. The maximum Gasteiger partial charge on any atom is 0.0714 e. The lowest BCUT2D eigenvalue weighted by molar-refractivity contribution is 0.717. The third kappa shape index (κ3) is 5.75. The van der Waals surface area contributed by atoms with Crippen molar-refractivity contribution in [3.63, 3.8) is 0 Å². The summed E-state index contributed by atoms with van der Waals surface area (Å²) < 4.78 is 2.64. The molecule has 0 amide bonds. The molecule has 0 bridgehead atoms. The van der Waals surface area contributed by atoms with Crippen LogP contribution >= 0.6 is 11.3 Å². The normalized spacial score (nSPS) is 14.7. The third-order valence-corrected chi connectivity index (χ3v) is 14.4. The first-order valence-corrected chi connectivity index (χ1v) is 22.5. The molecule has 0 saturated heterocycles. The maximum atomic E-state index is 2.47. The van der Waals surface area contributed by atoms with Crippen LogP contribution in [0.15, 0.2) is 218 Å². The van der Waals surface area contributed by atoms with E-state index in [9.17, 15) is 0 Å². The molecule has 2 aliphatic carbocycles. The Morgan fingerprint density at radius 3 is 1.92 bits per heavy atom. The summed E-state index contributed by atoms with van der Waals surface area (Å²) in [4.78, 5) is 2.46. The zero-order valence-corrected chi connectivity index (χ0v) is 35.3. The SMILES string of the molecule is CC1C=Cc2c(cccc2-c2cccc(N(c3ccc(-c4cccc5sc6ccccc6c45)cc3)c3ccc4c(c3)C(c3ccccc3)(c3ccccc3)c3ccccc3-4)c2)C1. The molecule has 10 aromatic rings. The van der Waals surface area contributed by atoms with Gasteiger partial charge in [-0.15, -0.1) is 11.3 Å². The second kappa shape index (κ2) is 14.7. The van der Waals surface area contributed by atoms with Crippen LogP contribution in [-0.2, 0) is 11.8 Å². The van der Waals surface area contributed by atoms with Crippen molar-refractivity contribution >= 4 is 54.6 Å². The second-order valence-corrected chi connectivity index (χ2v) is 18.0. The number of anilines is 3. The van der Waals surface area contributed by atoms with Gasteiger partial charge in [0.15, 0.2) is 0 Å². The summed E-state index contributed by atoms with van der Waals surface area (Å²) in [5, 5.41) is 2.65. The van der Waals surface area contributed by atoms with E-state index < -0.39 is 5.41 Å². The van der Waals surface area contributed by atoms with Gasteiger partial charge in [-0.25, -0.2) is 0 Å². The van der Waals surface area contributed by atoms with Crippen molar-refractivity contribution in [2.45, 2.75) is 18.8 Å². The molecule has 0 saturated carbocycles. The molecule has 0 spiro atoms. The van der Waals surface area contributed by atoms with Crippen LogP contribution in [-0.4, -0.2) is 0 Å². The van der Waals surface area contributed by atoms with Crippen LogP contribution in [0.1, 0.15) is 40.3 Å². The van der Waals surface area contributed by atoms with E-state index in [1.807, 2.05) is 11.3 Å². The molecule has 0 radical (unpaired) electrons. The van der Waals surface area contributed by atoms with E-state index in [0.717, 1.165) is 23.5 Å². The molecule has 1 unspecified atom stereocenters. The lowest BCUT2D eigenvalue weighted by atomic mass is 9.67. The van der Waals surface area contributed by atoms with Gasteiger partial charge in [-0.1, -0.05) is 183 Å². The minimum Gasteiger partial charge on any atom is -0.310 e. The standard InChI is InChI=1S/C60H43NS/c1-40-29-35-50-42(37-40)16-13-24-49(50)43-15-12-21-47(38-43)61(46-32-30-41(31-33-46)51-25-14-28-58-59(51)54-23-9-11-27-57(54)62-58)48-34-36-53-52-22-8-10-26-55(52)60(56(53)39-48,44-17-4-2-5-18-44)45-19-6-3-7-20-45/h2-36,38-40H,37H2,1H3. The molecular weight excluding hydrogens is 767 g/mol. The van der Waals surface area contributed by atoms with Gasteiger partial charge in [-0.3, -0.25) is 0 Å². The fourth-order valence-corrected chi connectivity index (χ4v) is 11.7. The van der Waals surface area contributed by atoms with Crippen LogP contribution in [0.5, 0.6) is 0 Å². The Labute approximate surface area is 367 Å². The highest BCUT2D eigenvalue weighted by atomic mass is 32.1. The van der Waals surface area contributed by atoms with E-state index in [4.69, 9.17) is 0 Å². The molecule has 1 atom stereocenters. The largest absolute Gasteiger partial charge is 0.310 e. The predicted molar refractivity (Wildman–Crippen MR) is 264 cm³/mol. The fraction of sp³-hybridized carbons (Fsp3) is 0.0667. The lowest BCUT2D eigenvalue weighted by Gasteiger charge is -2.35. The number of thiophene rings is 1. The summed E-state index contributed by atoms with van der Waals surface area (Å²) >= 11 is 1.87. The Kier molecular flexibility index (Phi) is 8.69. The summed E-state index contributed by atoms with van der Waals surface area (Å²) in [7, 11) is 0. The van der Waals surface area contributed by atoms with Crippen LogP contribution in [0.3, 0.4) is 0 Å². The smallest absolute Gasteiger partial charge is 0.0714 e. The first-order valence-electron chi connectivity index (χ1n) is 21.7. The van der Waals surface area contributed by atoms with E-state index in [-0.39, 0.29) is 0 Å². The Morgan fingerprint density at radius 2 is 1.10 bits per heavy atom. The summed E-state index contributed by atoms with van der Waals surface area (Å²) in [6, 6.07) is 79.1. The van der Waals surface area contributed by atoms with Crippen LogP contribution in [0.25, 0.3) is 59.6 Å². The van der Waals surface area contributed by atoms with Gasteiger partial charge in [0.05, 0.1) is 5.41 Å². The molecule has 9 aromatic carbocycles. The third-order valence-electron chi connectivity index (χ3n) is 13.3. The number of rotatable bonds is 7. The topological polar surface area (TPSA) is 3.24 Å². The molecular formula is C60H43NS. The Morgan fingerprint density at radius 1 is 0.468 bits per heavy atom. The van der Waals surface area contributed by atoms with E-state index in [1.165, 1.54) is 86.9 Å². The monoisotopic (exact) mass is 809 g/mol. The number of allylic oxidation sites excluding steroid dienone is 1. The van der Waals surface area contributed by atoms with Gasteiger partial charge in [0.1, 0.15) is 0 Å². The first-order chi connectivity index (χ1) is 30.6. The molecule has 0 aliphatic heterocycles. The van der Waals surface area contributed by atoms with Gasteiger partial charge in [0.2, 0.25) is 0 Å². The molecule has 12 rings (SSSR count). The molecule has 0 N–H and O–H groups in total. The van der Waals surface area contributed by atoms with Crippen molar-refractivity contribution in [3.05, 3.63) is 252 Å². The summed E-state index contributed by atoms with van der Waals surface area (Å²) in [6.45, 7) is 2.30. The van der Waals surface area contributed by atoms with Crippen LogP contribution in [0.2, 0.25) is 0 Å². The second-order valence-electron chi connectivity index (χ2n) is 16.9. The van der Waals surface area contributed by atoms with Gasteiger partial charge >= 0.3 is 0 Å². The van der Waals surface area contributed by atoms with Gasteiger partial charge in [0.25, 0.3) is 0 Å². The molecule has 62 heavy (non-hydrogen) atoms. The number of hydrogen-bond donors (Lipinski definition) is 0. The minimum atomic E-state index is -0.504. The minimum absolute atomic E-state index is 0.504. The van der Waals surface area contributed by atoms with Crippen molar-refractivity contribution in [2.24, 2.45) is 5.92 Å². The Bertz CT molecular complexity index is 3300.